The Labute approximate surface area is 131 Å². The van der Waals surface area contributed by atoms with Crippen LogP contribution in [-0.2, 0) is 6.54 Å². The van der Waals surface area contributed by atoms with Crippen molar-refractivity contribution in [1.82, 2.24) is 4.90 Å². The van der Waals surface area contributed by atoms with Crippen molar-refractivity contribution in [3.63, 3.8) is 0 Å². The van der Waals surface area contributed by atoms with E-state index in [1.165, 1.54) is 11.1 Å². The molecule has 2 aromatic carbocycles. The van der Waals surface area contributed by atoms with Crippen LogP contribution in [0.1, 0.15) is 22.6 Å². The zero-order valence-electron chi connectivity index (χ0n) is 13.0. The highest BCUT2D eigenvalue weighted by molar-refractivity contribution is 5.25. The van der Waals surface area contributed by atoms with E-state index in [0.29, 0.717) is 23.9 Å². The molecular formula is C19H23FN2. The van der Waals surface area contributed by atoms with E-state index in [2.05, 4.69) is 35.2 Å². The molecule has 0 aromatic heterocycles. The third-order valence-electron chi connectivity index (χ3n) is 4.68. The molecule has 2 atom stereocenters. The molecule has 3 heteroatoms. The van der Waals surface area contributed by atoms with Gasteiger partial charge in [-0.25, -0.2) is 4.39 Å². The topological polar surface area (TPSA) is 29.3 Å². The van der Waals surface area contributed by atoms with Crippen LogP contribution in [0.25, 0.3) is 0 Å². The summed E-state index contributed by atoms with van der Waals surface area (Å²) in [6, 6.07) is 16.0. The van der Waals surface area contributed by atoms with E-state index in [4.69, 9.17) is 5.73 Å². The fourth-order valence-corrected chi connectivity index (χ4v) is 3.47. The highest BCUT2D eigenvalue weighted by Crippen LogP contribution is 2.32. The molecule has 0 unspecified atom stereocenters. The van der Waals surface area contributed by atoms with Gasteiger partial charge in [0.05, 0.1) is 0 Å². The number of hydrogen-bond acceptors (Lipinski definition) is 2. The standard InChI is InChI=1S/C19H23FN2/c1-14-9-15(7-8-19(14)20)11-22-12-17(10-21)18(13-22)16-5-3-2-4-6-16/h2-9,17-18H,10-13,21H2,1H3/t17-,18+/m1/s1. The molecular weight excluding hydrogens is 275 g/mol. The van der Waals surface area contributed by atoms with Gasteiger partial charge >= 0.3 is 0 Å². The molecule has 1 aliphatic rings. The molecule has 0 spiro atoms. The van der Waals surface area contributed by atoms with Gasteiger partial charge in [-0.1, -0.05) is 42.5 Å². The Morgan fingerprint density at radius 1 is 1.14 bits per heavy atom. The molecule has 3 rings (SSSR count). The summed E-state index contributed by atoms with van der Waals surface area (Å²) in [6.07, 6.45) is 0. The van der Waals surface area contributed by atoms with Crippen LogP contribution in [-0.4, -0.2) is 24.5 Å². The quantitative estimate of drug-likeness (QED) is 0.938. The monoisotopic (exact) mass is 298 g/mol. The van der Waals surface area contributed by atoms with E-state index < -0.39 is 0 Å². The van der Waals surface area contributed by atoms with Crippen molar-refractivity contribution in [2.45, 2.75) is 19.4 Å². The molecule has 0 radical (unpaired) electrons. The molecule has 1 fully saturated rings. The summed E-state index contributed by atoms with van der Waals surface area (Å²) < 4.78 is 13.4. The predicted octanol–water partition coefficient (Wildman–Crippen LogP) is 3.31. The van der Waals surface area contributed by atoms with Crippen LogP contribution in [0, 0.1) is 18.7 Å². The second-order valence-electron chi connectivity index (χ2n) is 6.29. The van der Waals surface area contributed by atoms with Crippen molar-refractivity contribution in [2.24, 2.45) is 11.7 Å². The third-order valence-corrected chi connectivity index (χ3v) is 4.68. The van der Waals surface area contributed by atoms with E-state index in [1.807, 2.05) is 19.1 Å². The lowest BCUT2D eigenvalue weighted by Crippen LogP contribution is -2.23. The van der Waals surface area contributed by atoms with Crippen LogP contribution in [0.2, 0.25) is 0 Å². The summed E-state index contributed by atoms with van der Waals surface area (Å²) >= 11 is 0. The number of benzene rings is 2. The van der Waals surface area contributed by atoms with Crippen molar-refractivity contribution >= 4 is 0 Å². The average Bonchev–Trinajstić information content (AvgIpc) is 2.95. The van der Waals surface area contributed by atoms with Gasteiger partial charge < -0.3 is 5.73 Å². The molecule has 1 aliphatic heterocycles. The number of likely N-dealkylation sites (tertiary alicyclic amines) is 1. The zero-order valence-corrected chi connectivity index (χ0v) is 13.0. The molecule has 1 saturated heterocycles. The van der Waals surface area contributed by atoms with Gasteiger partial charge in [0.15, 0.2) is 0 Å². The van der Waals surface area contributed by atoms with Crippen LogP contribution >= 0.6 is 0 Å². The molecule has 22 heavy (non-hydrogen) atoms. The summed E-state index contributed by atoms with van der Waals surface area (Å²) in [7, 11) is 0. The number of aryl methyl sites for hydroxylation is 1. The van der Waals surface area contributed by atoms with E-state index in [-0.39, 0.29) is 5.82 Å². The largest absolute Gasteiger partial charge is 0.330 e. The molecule has 0 aliphatic carbocycles. The van der Waals surface area contributed by atoms with Gasteiger partial charge in [0, 0.05) is 25.6 Å². The summed E-state index contributed by atoms with van der Waals surface area (Å²) in [4.78, 5) is 2.43. The molecule has 2 aromatic rings. The molecule has 0 amide bonds. The first-order valence-electron chi connectivity index (χ1n) is 7.89. The van der Waals surface area contributed by atoms with Gasteiger partial charge in [-0.3, -0.25) is 4.90 Å². The third kappa shape index (κ3) is 3.21. The Hall–Kier alpha value is -1.71. The van der Waals surface area contributed by atoms with E-state index in [1.54, 1.807) is 6.07 Å². The van der Waals surface area contributed by atoms with Crippen LogP contribution < -0.4 is 5.73 Å². The Kier molecular flexibility index (Phi) is 4.55. The Balaban J connectivity index is 1.72. The normalized spacial score (nSPS) is 22.1. The van der Waals surface area contributed by atoms with Gasteiger partial charge in [0.25, 0.3) is 0 Å². The SMILES string of the molecule is Cc1cc(CN2C[C@@H](CN)[C@H](c3ccccc3)C2)ccc1F. The van der Waals surface area contributed by atoms with Crippen LogP contribution in [0.15, 0.2) is 48.5 Å². The number of nitrogens with zero attached hydrogens (tertiary/aromatic N) is 1. The maximum atomic E-state index is 13.4. The Morgan fingerprint density at radius 2 is 1.91 bits per heavy atom. The number of nitrogens with two attached hydrogens (primary N) is 1. The van der Waals surface area contributed by atoms with Gasteiger partial charge in [-0.2, -0.15) is 0 Å². The molecule has 0 saturated carbocycles. The lowest BCUT2D eigenvalue weighted by Gasteiger charge is -2.17. The zero-order chi connectivity index (χ0) is 15.5. The van der Waals surface area contributed by atoms with E-state index >= 15 is 0 Å². The van der Waals surface area contributed by atoms with Crippen molar-refractivity contribution in [3.8, 4) is 0 Å². The van der Waals surface area contributed by atoms with E-state index in [0.717, 1.165) is 19.6 Å². The second-order valence-corrected chi connectivity index (χ2v) is 6.29. The fraction of sp³-hybridized carbons (Fsp3) is 0.368. The van der Waals surface area contributed by atoms with Crippen LogP contribution in [0.5, 0.6) is 0 Å². The van der Waals surface area contributed by atoms with Gasteiger partial charge in [0.1, 0.15) is 5.82 Å². The van der Waals surface area contributed by atoms with Gasteiger partial charge in [0.2, 0.25) is 0 Å². The highest BCUT2D eigenvalue weighted by Gasteiger charge is 2.32. The minimum absolute atomic E-state index is 0.132. The number of hydrogen-bond donors (Lipinski definition) is 1. The highest BCUT2D eigenvalue weighted by atomic mass is 19.1. The maximum absolute atomic E-state index is 13.4. The lowest BCUT2D eigenvalue weighted by atomic mass is 9.89. The first kappa shape index (κ1) is 15.2. The minimum atomic E-state index is -0.132. The summed E-state index contributed by atoms with van der Waals surface area (Å²) in [5.74, 6) is 0.851. The minimum Gasteiger partial charge on any atom is -0.330 e. The smallest absolute Gasteiger partial charge is 0.126 e. The maximum Gasteiger partial charge on any atom is 0.126 e. The van der Waals surface area contributed by atoms with Crippen molar-refractivity contribution in [3.05, 3.63) is 71.0 Å². The first-order valence-corrected chi connectivity index (χ1v) is 7.89. The lowest BCUT2D eigenvalue weighted by molar-refractivity contribution is 0.316. The fourth-order valence-electron chi connectivity index (χ4n) is 3.47. The van der Waals surface area contributed by atoms with Crippen molar-refractivity contribution in [1.29, 1.82) is 0 Å². The molecule has 116 valence electrons. The van der Waals surface area contributed by atoms with Gasteiger partial charge in [-0.15, -0.1) is 0 Å². The number of rotatable bonds is 4. The summed E-state index contributed by atoms with van der Waals surface area (Å²) in [6.45, 7) is 5.41. The molecule has 1 heterocycles. The Morgan fingerprint density at radius 3 is 2.59 bits per heavy atom. The molecule has 2 nitrogen and oxygen atoms in total. The van der Waals surface area contributed by atoms with Crippen LogP contribution in [0.4, 0.5) is 4.39 Å². The Bertz CT molecular complexity index is 627. The number of halogens is 1. The first-order chi connectivity index (χ1) is 10.7. The van der Waals surface area contributed by atoms with Crippen LogP contribution in [0.3, 0.4) is 0 Å². The predicted molar refractivity (Wildman–Crippen MR) is 88.1 cm³/mol. The molecule has 0 bridgehead atoms. The molecule has 2 N–H and O–H groups in total. The average molecular weight is 298 g/mol. The summed E-state index contributed by atoms with van der Waals surface area (Å²) in [5, 5.41) is 0. The second kappa shape index (κ2) is 6.59. The van der Waals surface area contributed by atoms with Crippen molar-refractivity contribution < 1.29 is 4.39 Å². The van der Waals surface area contributed by atoms with E-state index in [9.17, 15) is 4.39 Å². The summed E-state index contributed by atoms with van der Waals surface area (Å²) in [5.41, 5.74) is 9.24. The van der Waals surface area contributed by atoms with Gasteiger partial charge in [-0.05, 0) is 42.1 Å². The van der Waals surface area contributed by atoms with Crippen molar-refractivity contribution in [2.75, 3.05) is 19.6 Å².